The fourth-order valence-corrected chi connectivity index (χ4v) is 2.79. The zero-order valence-electron chi connectivity index (χ0n) is 15.5. The molecule has 0 saturated heterocycles. The van der Waals surface area contributed by atoms with Gasteiger partial charge in [0.1, 0.15) is 5.82 Å². The molecule has 1 unspecified atom stereocenters. The van der Waals surface area contributed by atoms with Crippen LogP contribution in [0.25, 0.3) is 0 Å². The molecule has 0 bridgehead atoms. The minimum absolute atomic E-state index is 0.0147. The lowest BCUT2D eigenvalue weighted by Gasteiger charge is -2.18. The summed E-state index contributed by atoms with van der Waals surface area (Å²) in [5.74, 6) is -0.439. The molecule has 2 amide bonds. The highest BCUT2D eigenvalue weighted by Gasteiger charge is 2.14. The molecule has 0 aliphatic rings. The van der Waals surface area contributed by atoms with Crippen LogP contribution < -0.4 is 5.32 Å². The molecule has 0 radical (unpaired) electrons. The normalized spacial score (nSPS) is 11.7. The molecule has 2 rings (SSSR count). The van der Waals surface area contributed by atoms with Gasteiger partial charge in [0.2, 0.25) is 5.91 Å². The Hall–Kier alpha value is -2.69. The second-order valence-electron chi connectivity index (χ2n) is 6.26. The summed E-state index contributed by atoms with van der Waals surface area (Å²) in [6.45, 7) is 7.14. The molecule has 2 aromatic rings. The lowest BCUT2D eigenvalue weighted by molar-refractivity contribution is -0.116. The van der Waals surface area contributed by atoms with Crippen LogP contribution in [0.2, 0.25) is 0 Å². The Morgan fingerprint density at radius 3 is 2.12 bits per heavy atom. The lowest BCUT2D eigenvalue weighted by Crippen LogP contribution is -2.30. The van der Waals surface area contributed by atoms with Gasteiger partial charge in [-0.05, 0) is 61.7 Å². The predicted octanol–water partition coefficient (Wildman–Crippen LogP) is 4.44. The topological polar surface area (TPSA) is 49.4 Å². The van der Waals surface area contributed by atoms with Crippen LogP contribution in [0.1, 0.15) is 49.0 Å². The minimum atomic E-state index is -0.287. The van der Waals surface area contributed by atoms with E-state index in [1.54, 1.807) is 41.3 Å². The summed E-state index contributed by atoms with van der Waals surface area (Å²) >= 11 is 0. The first-order chi connectivity index (χ1) is 12.4. The van der Waals surface area contributed by atoms with Gasteiger partial charge in [-0.3, -0.25) is 9.59 Å². The van der Waals surface area contributed by atoms with Gasteiger partial charge in [0.15, 0.2) is 0 Å². The number of nitrogens with zero attached hydrogens (tertiary/aromatic N) is 1. The predicted molar refractivity (Wildman–Crippen MR) is 102 cm³/mol. The third-order valence-electron chi connectivity index (χ3n) is 4.40. The molecule has 0 heterocycles. The highest BCUT2D eigenvalue weighted by atomic mass is 19.1. The second-order valence-corrected chi connectivity index (χ2v) is 6.26. The van der Waals surface area contributed by atoms with Crippen molar-refractivity contribution in [2.45, 2.75) is 33.1 Å². The Balaban J connectivity index is 1.94. The maximum absolute atomic E-state index is 13.0. The molecule has 0 aliphatic carbocycles. The number of benzene rings is 2. The van der Waals surface area contributed by atoms with E-state index in [1.807, 2.05) is 20.8 Å². The highest BCUT2D eigenvalue weighted by Crippen LogP contribution is 2.20. The zero-order valence-corrected chi connectivity index (χ0v) is 15.5. The summed E-state index contributed by atoms with van der Waals surface area (Å²) in [5.41, 5.74) is 2.17. The van der Waals surface area contributed by atoms with E-state index in [1.165, 1.54) is 12.1 Å². The van der Waals surface area contributed by atoms with Crippen molar-refractivity contribution in [1.82, 2.24) is 4.90 Å². The molecular formula is C21H25FN2O2. The average Bonchev–Trinajstić information content (AvgIpc) is 2.63. The molecule has 1 N–H and O–H groups in total. The number of hydrogen-bond donors (Lipinski definition) is 1. The van der Waals surface area contributed by atoms with Gasteiger partial charge >= 0.3 is 0 Å². The third kappa shape index (κ3) is 5.15. The second kappa shape index (κ2) is 9.13. The van der Waals surface area contributed by atoms with Crippen LogP contribution >= 0.6 is 0 Å². The molecule has 0 fully saturated rings. The minimum Gasteiger partial charge on any atom is -0.339 e. The van der Waals surface area contributed by atoms with Crippen LogP contribution in [0.15, 0.2) is 48.5 Å². The van der Waals surface area contributed by atoms with E-state index in [4.69, 9.17) is 0 Å². The largest absolute Gasteiger partial charge is 0.339 e. The number of carbonyl (C=O) groups is 2. The van der Waals surface area contributed by atoms with Crippen molar-refractivity contribution in [3.63, 3.8) is 0 Å². The molecule has 0 spiro atoms. The van der Waals surface area contributed by atoms with Crippen molar-refractivity contribution in [2.24, 2.45) is 0 Å². The number of hydrogen-bond acceptors (Lipinski definition) is 2. The van der Waals surface area contributed by atoms with Gasteiger partial charge in [-0.1, -0.05) is 19.1 Å². The van der Waals surface area contributed by atoms with Crippen molar-refractivity contribution in [3.8, 4) is 0 Å². The van der Waals surface area contributed by atoms with E-state index >= 15 is 0 Å². The van der Waals surface area contributed by atoms with E-state index in [0.717, 1.165) is 5.56 Å². The van der Waals surface area contributed by atoms with Crippen LogP contribution in [0.5, 0.6) is 0 Å². The first kappa shape index (κ1) is 19.6. The van der Waals surface area contributed by atoms with Crippen molar-refractivity contribution in [1.29, 1.82) is 0 Å². The maximum atomic E-state index is 13.0. The summed E-state index contributed by atoms with van der Waals surface area (Å²) in [6.07, 6.45) is 0.297. The molecule has 0 aromatic heterocycles. The summed E-state index contributed by atoms with van der Waals surface area (Å²) in [6, 6.07) is 13.1. The van der Waals surface area contributed by atoms with Crippen molar-refractivity contribution >= 4 is 17.5 Å². The fraction of sp³-hybridized carbons (Fsp3) is 0.333. The molecular weight excluding hydrogens is 331 g/mol. The van der Waals surface area contributed by atoms with Gasteiger partial charge in [-0.15, -0.1) is 0 Å². The Labute approximate surface area is 154 Å². The fourth-order valence-electron chi connectivity index (χ4n) is 2.79. The Morgan fingerprint density at radius 2 is 1.58 bits per heavy atom. The van der Waals surface area contributed by atoms with E-state index in [9.17, 15) is 14.0 Å². The van der Waals surface area contributed by atoms with Gasteiger partial charge in [0.25, 0.3) is 5.91 Å². The monoisotopic (exact) mass is 356 g/mol. The van der Waals surface area contributed by atoms with E-state index < -0.39 is 0 Å². The number of anilines is 1. The van der Waals surface area contributed by atoms with E-state index in [0.29, 0.717) is 30.8 Å². The summed E-state index contributed by atoms with van der Waals surface area (Å²) in [5, 5.41) is 2.84. The number of carbonyl (C=O) groups excluding carboxylic acids is 2. The number of amides is 2. The summed E-state index contributed by atoms with van der Waals surface area (Å²) < 4.78 is 13.0. The first-order valence-corrected chi connectivity index (χ1v) is 8.89. The lowest BCUT2D eigenvalue weighted by atomic mass is 9.97. The summed E-state index contributed by atoms with van der Waals surface area (Å²) in [4.78, 5) is 26.2. The van der Waals surface area contributed by atoms with Gasteiger partial charge in [0.05, 0.1) is 0 Å². The quantitative estimate of drug-likeness (QED) is 0.797. The van der Waals surface area contributed by atoms with Crippen LogP contribution in [-0.2, 0) is 4.79 Å². The van der Waals surface area contributed by atoms with E-state index in [-0.39, 0.29) is 23.5 Å². The number of rotatable bonds is 7. The summed E-state index contributed by atoms with van der Waals surface area (Å²) in [7, 11) is 0. The molecule has 138 valence electrons. The van der Waals surface area contributed by atoms with Crippen molar-refractivity contribution in [3.05, 3.63) is 65.5 Å². The van der Waals surface area contributed by atoms with Crippen molar-refractivity contribution in [2.75, 3.05) is 18.4 Å². The number of halogens is 1. The molecule has 0 saturated carbocycles. The Morgan fingerprint density at radius 1 is 1.00 bits per heavy atom. The van der Waals surface area contributed by atoms with Gasteiger partial charge in [0, 0.05) is 30.8 Å². The molecule has 4 nitrogen and oxygen atoms in total. The van der Waals surface area contributed by atoms with Crippen LogP contribution in [0.3, 0.4) is 0 Å². The molecule has 26 heavy (non-hydrogen) atoms. The average molecular weight is 356 g/mol. The zero-order chi connectivity index (χ0) is 19.1. The van der Waals surface area contributed by atoms with Gasteiger partial charge < -0.3 is 10.2 Å². The van der Waals surface area contributed by atoms with Crippen LogP contribution in [-0.4, -0.2) is 29.8 Å². The highest BCUT2D eigenvalue weighted by molar-refractivity contribution is 5.96. The van der Waals surface area contributed by atoms with Crippen LogP contribution in [0.4, 0.5) is 10.1 Å². The molecule has 2 aromatic carbocycles. The first-order valence-electron chi connectivity index (χ1n) is 8.89. The smallest absolute Gasteiger partial charge is 0.253 e. The van der Waals surface area contributed by atoms with Crippen LogP contribution in [0, 0.1) is 5.82 Å². The van der Waals surface area contributed by atoms with Gasteiger partial charge in [-0.2, -0.15) is 0 Å². The van der Waals surface area contributed by atoms with Gasteiger partial charge in [-0.25, -0.2) is 4.39 Å². The SMILES string of the molecule is CCN(CC)C(=O)c1ccc(NC(=O)CC(C)c2ccc(F)cc2)cc1. The van der Waals surface area contributed by atoms with E-state index in [2.05, 4.69) is 5.32 Å². The van der Waals surface area contributed by atoms with Crippen molar-refractivity contribution < 1.29 is 14.0 Å². The molecule has 5 heteroatoms. The Kier molecular flexibility index (Phi) is 6.89. The number of nitrogens with one attached hydrogen (secondary N) is 1. The molecule has 1 atom stereocenters. The Bertz CT molecular complexity index is 738. The standard InChI is InChI=1S/C21H25FN2O2/c1-4-24(5-2)21(26)17-8-12-19(13-9-17)23-20(25)14-15(3)16-6-10-18(22)11-7-16/h6-13,15H,4-5,14H2,1-3H3,(H,23,25). The third-order valence-corrected chi connectivity index (χ3v) is 4.40. The maximum Gasteiger partial charge on any atom is 0.253 e. The molecule has 0 aliphatic heterocycles.